The molecule has 4 nitrogen and oxygen atoms in total. The summed E-state index contributed by atoms with van der Waals surface area (Å²) in [6.07, 6.45) is 0.316. The predicted molar refractivity (Wildman–Crippen MR) is 94.6 cm³/mol. The van der Waals surface area contributed by atoms with E-state index in [2.05, 4.69) is 10.6 Å². The number of carbonyl (C=O) groups is 1. The number of rotatable bonds is 5. The van der Waals surface area contributed by atoms with Crippen molar-refractivity contribution in [1.29, 1.82) is 0 Å². The highest BCUT2D eigenvalue weighted by atomic mass is 19.1. The number of carbonyl (C=O) groups excluding carboxylic acids is 1. The van der Waals surface area contributed by atoms with Crippen LogP contribution in [0.2, 0.25) is 0 Å². The Hall–Kier alpha value is -2.24. The average molecular weight is 342 g/mol. The Balaban J connectivity index is 1.74. The van der Waals surface area contributed by atoms with Gasteiger partial charge >= 0.3 is 0 Å². The van der Waals surface area contributed by atoms with Crippen molar-refractivity contribution >= 4 is 5.91 Å². The van der Waals surface area contributed by atoms with Gasteiger partial charge in [0.25, 0.3) is 0 Å². The van der Waals surface area contributed by atoms with Crippen molar-refractivity contribution in [2.24, 2.45) is 0 Å². The standard InChI is InChI=1S/C20H23FN2O2/c21-17-9-5-4-8-16(17)18(24)14-23-19(25)20(10-12-22-13-11-20)15-6-2-1-3-7-15/h1-9,18,22,24H,10-14H2,(H,23,25)/t18-/m1/s1. The molecule has 3 N–H and O–H groups in total. The van der Waals surface area contributed by atoms with E-state index in [9.17, 15) is 14.3 Å². The molecule has 0 radical (unpaired) electrons. The zero-order valence-electron chi connectivity index (χ0n) is 14.0. The van der Waals surface area contributed by atoms with Crippen molar-refractivity contribution in [2.75, 3.05) is 19.6 Å². The fraction of sp³-hybridized carbons (Fsp3) is 0.350. The number of piperidine rings is 1. The zero-order valence-corrected chi connectivity index (χ0v) is 14.0. The van der Waals surface area contributed by atoms with Gasteiger partial charge in [-0.3, -0.25) is 4.79 Å². The van der Waals surface area contributed by atoms with Gasteiger partial charge in [0.1, 0.15) is 5.82 Å². The molecule has 0 saturated carbocycles. The predicted octanol–water partition coefficient (Wildman–Crippen LogP) is 2.30. The molecule has 1 amide bonds. The van der Waals surface area contributed by atoms with Gasteiger partial charge in [0.2, 0.25) is 5.91 Å². The van der Waals surface area contributed by atoms with Crippen molar-refractivity contribution in [1.82, 2.24) is 10.6 Å². The van der Waals surface area contributed by atoms with Crippen molar-refractivity contribution in [3.05, 3.63) is 71.5 Å². The first-order chi connectivity index (χ1) is 12.1. The van der Waals surface area contributed by atoms with E-state index in [0.717, 1.165) is 18.7 Å². The third-order valence-corrected chi connectivity index (χ3v) is 4.94. The molecular formula is C20H23FN2O2. The summed E-state index contributed by atoms with van der Waals surface area (Å²) in [4.78, 5) is 13.0. The number of benzene rings is 2. The molecule has 0 aliphatic carbocycles. The lowest BCUT2D eigenvalue weighted by Gasteiger charge is -2.37. The zero-order chi connectivity index (χ0) is 17.7. The van der Waals surface area contributed by atoms with E-state index in [0.29, 0.717) is 12.8 Å². The van der Waals surface area contributed by atoms with E-state index in [1.165, 1.54) is 12.1 Å². The first kappa shape index (κ1) is 17.6. The summed E-state index contributed by atoms with van der Waals surface area (Å²) < 4.78 is 13.8. The average Bonchev–Trinajstić information content (AvgIpc) is 2.67. The molecule has 1 aliphatic heterocycles. The Morgan fingerprint density at radius 3 is 2.44 bits per heavy atom. The summed E-state index contributed by atoms with van der Waals surface area (Å²) in [6.45, 7) is 1.51. The monoisotopic (exact) mass is 342 g/mol. The van der Waals surface area contributed by atoms with Crippen LogP contribution in [0.5, 0.6) is 0 Å². The van der Waals surface area contributed by atoms with E-state index in [-0.39, 0.29) is 18.0 Å². The molecule has 1 heterocycles. The highest BCUT2D eigenvalue weighted by Gasteiger charge is 2.41. The van der Waals surface area contributed by atoms with Crippen LogP contribution in [0.15, 0.2) is 54.6 Å². The van der Waals surface area contributed by atoms with Gasteiger partial charge in [-0.1, -0.05) is 48.5 Å². The summed E-state index contributed by atoms with van der Waals surface area (Å²) in [5, 5.41) is 16.4. The molecule has 2 aromatic rings. The van der Waals surface area contributed by atoms with Crippen LogP contribution in [-0.4, -0.2) is 30.6 Å². The van der Waals surface area contributed by atoms with Gasteiger partial charge in [0.15, 0.2) is 0 Å². The topological polar surface area (TPSA) is 61.4 Å². The van der Waals surface area contributed by atoms with E-state index in [1.54, 1.807) is 12.1 Å². The van der Waals surface area contributed by atoms with Crippen LogP contribution in [0, 0.1) is 5.82 Å². The molecule has 0 bridgehead atoms. The molecular weight excluding hydrogens is 319 g/mol. The molecule has 1 saturated heterocycles. The smallest absolute Gasteiger partial charge is 0.230 e. The Morgan fingerprint density at radius 1 is 1.12 bits per heavy atom. The lowest BCUT2D eigenvalue weighted by Crippen LogP contribution is -2.51. The second-order valence-corrected chi connectivity index (χ2v) is 6.45. The number of nitrogens with one attached hydrogen (secondary N) is 2. The van der Waals surface area contributed by atoms with Crippen LogP contribution in [0.4, 0.5) is 4.39 Å². The number of hydrogen-bond donors (Lipinski definition) is 3. The quantitative estimate of drug-likeness (QED) is 0.781. The van der Waals surface area contributed by atoms with Crippen LogP contribution in [0.1, 0.15) is 30.1 Å². The minimum absolute atomic E-state index is 0.0121. The highest BCUT2D eigenvalue weighted by Crippen LogP contribution is 2.34. The normalized spacial score (nSPS) is 17.7. The van der Waals surface area contributed by atoms with E-state index in [1.807, 2.05) is 30.3 Å². The van der Waals surface area contributed by atoms with Gasteiger partial charge in [0.05, 0.1) is 11.5 Å². The van der Waals surface area contributed by atoms with Crippen molar-refractivity contribution < 1.29 is 14.3 Å². The lowest BCUT2D eigenvalue weighted by atomic mass is 9.72. The summed E-state index contributed by atoms with van der Waals surface area (Å²) in [5.41, 5.74) is 0.567. The van der Waals surface area contributed by atoms with Gasteiger partial charge in [-0.2, -0.15) is 0 Å². The maximum atomic E-state index is 13.8. The third kappa shape index (κ3) is 3.72. The molecule has 0 unspecified atom stereocenters. The summed E-state index contributed by atoms with van der Waals surface area (Å²) >= 11 is 0. The third-order valence-electron chi connectivity index (χ3n) is 4.94. The number of aliphatic hydroxyl groups is 1. The molecule has 25 heavy (non-hydrogen) atoms. The van der Waals surface area contributed by atoms with Crippen LogP contribution in [-0.2, 0) is 10.2 Å². The fourth-order valence-electron chi connectivity index (χ4n) is 3.47. The van der Waals surface area contributed by atoms with E-state index >= 15 is 0 Å². The molecule has 2 aromatic carbocycles. The first-order valence-electron chi connectivity index (χ1n) is 8.60. The minimum atomic E-state index is -1.07. The molecule has 1 fully saturated rings. The van der Waals surface area contributed by atoms with Crippen molar-refractivity contribution in [2.45, 2.75) is 24.4 Å². The molecule has 0 spiro atoms. The molecule has 5 heteroatoms. The Bertz CT molecular complexity index is 715. The van der Waals surface area contributed by atoms with Gasteiger partial charge in [0, 0.05) is 12.1 Å². The van der Waals surface area contributed by atoms with E-state index in [4.69, 9.17) is 0 Å². The van der Waals surface area contributed by atoms with Crippen molar-refractivity contribution in [3.8, 4) is 0 Å². The second kappa shape index (κ2) is 7.76. The molecule has 0 aromatic heterocycles. The Labute approximate surface area is 147 Å². The molecule has 3 rings (SSSR count). The maximum Gasteiger partial charge on any atom is 0.230 e. The summed E-state index contributed by atoms with van der Waals surface area (Å²) in [5.74, 6) is -0.584. The van der Waals surface area contributed by atoms with Crippen LogP contribution in [0.25, 0.3) is 0 Å². The number of amides is 1. The van der Waals surface area contributed by atoms with Crippen LogP contribution in [0.3, 0.4) is 0 Å². The van der Waals surface area contributed by atoms with E-state index < -0.39 is 17.3 Å². The molecule has 1 aliphatic rings. The first-order valence-corrected chi connectivity index (χ1v) is 8.60. The van der Waals surface area contributed by atoms with Crippen molar-refractivity contribution in [3.63, 3.8) is 0 Å². The Morgan fingerprint density at radius 2 is 1.76 bits per heavy atom. The van der Waals surface area contributed by atoms with Gasteiger partial charge < -0.3 is 15.7 Å². The summed E-state index contributed by atoms with van der Waals surface area (Å²) in [7, 11) is 0. The van der Waals surface area contributed by atoms with Crippen LogP contribution >= 0.6 is 0 Å². The van der Waals surface area contributed by atoms with Gasteiger partial charge in [-0.05, 0) is 37.6 Å². The van der Waals surface area contributed by atoms with Crippen LogP contribution < -0.4 is 10.6 Å². The number of hydrogen-bond acceptors (Lipinski definition) is 3. The summed E-state index contributed by atoms with van der Waals surface area (Å²) in [6, 6.07) is 15.8. The molecule has 1 atom stereocenters. The van der Waals surface area contributed by atoms with Gasteiger partial charge in [-0.25, -0.2) is 4.39 Å². The number of aliphatic hydroxyl groups excluding tert-OH is 1. The highest BCUT2D eigenvalue weighted by molar-refractivity contribution is 5.88. The second-order valence-electron chi connectivity index (χ2n) is 6.45. The van der Waals surface area contributed by atoms with Gasteiger partial charge in [-0.15, -0.1) is 0 Å². The number of halogens is 1. The Kier molecular flexibility index (Phi) is 5.46. The molecule has 132 valence electrons. The minimum Gasteiger partial charge on any atom is -0.386 e. The maximum absolute atomic E-state index is 13.8. The SMILES string of the molecule is O=C(NC[C@@H](O)c1ccccc1F)C1(c2ccccc2)CCNCC1. The fourth-order valence-corrected chi connectivity index (χ4v) is 3.47. The lowest BCUT2D eigenvalue weighted by molar-refractivity contribution is -0.128. The largest absolute Gasteiger partial charge is 0.386 e.